The van der Waals surface area contributed by atoms with Crippen LogP contribution in [0.15, 0.2) is 0 Å². The predicted molar refractivity (Wildman–Crippen MR) is 82.9 cm³/mol. The van der Waals surface area contributed by atoms with Crippen LogP contribution in [0.2, 0.25) is 0 Å². The van der Waals surface area contributed by atoms with E-state index in [0.29, 0.717) is 9.49 Å². The summed E-state index contributed by atoms with van der Waals surface area (Å²) in [4.78, 5) is 0. The molecule has 2 aliphatic heterocycles. The molecule has 16 heavy (non-hydrogen) atoms. The minimum absolute atomic E-state index is 0.619. The second-order valence-corrected chi connectivity index (χ2v) is 11.3. The summed E-state index contributed by atoms with van der Waals surface area (Å²) >= 11 is 9.01. The molecule has 0 N–H and O–H groups in total. The van der Waals surface area contributed by atoms with Crippen molar-refractivity contribution in [3.63, 3.8) is 0 Å². The highest BCUT2D eigenvalue weighted by Gasteiger charge is 2.49. The quantitative estimate of drug-likeness (QED) is 0.695. The van der Waals surface area contributed by atoms with Crippen LogP contribution in [0.25, 0.3) is 0 Å². The van der Waals surface area contributed by atoms with Crippen LogP contribution in [0.1, 0.15) is 32.6 Å². The first-order valence-electron chi connectivity index (χ1n) is 6.24. The maximum absolute atomic E-state index is 2.57. The lowest BCUT2D eigenvalue weighted by Crippen LogP contribution is -2.38. The maximum Gasteiger partial charge on any atom is 0.0617 e. The van der Waals surface area contributed by atoms with Gasteiger partial charge in [-0.1, -0.05) is 13.3 Å². The van der Waals surface area contributed by atoms with Crippen molar-refractivity contribution in [2.24, 2.45) is 5.41 Å². The Kier molecular flexibility index (Phi) is 3.75. The van der Waals surface area contributed by atoms with Gasteiger partial charge in [0.05, 0.1) is 8.66 Å². The lowest BCUT2D eigenvalue weighted by atomic mass is 9.76. The molecule has 3 fully saturated rings. The molecule has 4 heteroatoms. The molecule has 0 bridgehead atoms. The van der Waals surface area contributed by atoms with E-state index in [4.69, 9.17) is 0 Å². The van der Waals surface area contributed by atoms with Gasteiger partial charge in [-0.25, -0.2) is 0 Å². The first kappa shape index (κ1) is 12.4. The Morgan fingerprint density at radius 1 is 0.938 bits per heavy atom. The van der Waals surface area contributed by atoms with Gasteiger partial charge in [0.2, 0.25) is 0 Å². The van der Waals surface area contributed by atoms with Gasteiger partial charge in [-0.05, 0) is 24.7 Å². The summed E-state index contributed by atoms with van der Waals surface area (Å²) in [6.45, 7) is 2.57. The van der Waals surface area contributed by atoms with Crippen LogP contribution in [0.3, 0.4) is 0 Å². The van der Waals surface area contributed by atoms with E-state index in [-0.39, 0.29) is 0 Å². The molecular weight excluding hydrogens is 272 g/mol. The third kappa shape index (κ3) is 2.28. The molecule has 1 saturated carbocycles. The van der Waals surface area contributed by atoms with E-state index >= 15 is 0 Å². The lowest BCUT2D eigenvalue weighted by molar-refractivity contribution is 0.236. The van der Waals surface area contributed by atoms with Gasteiger partial charge in [-0.15, -0.1) is 47.0 Å². The molecule has 1 aliphatic carbocycles. The summed E-state index contributed by atoms with van der Waals surface area (Å²) in [5.74, 6) is 5.56. The van der Waals surface area contributed by atoms with Gasteiger partial charge >= 0.3 is 0 Å². The topological polar surface area (TPSA) is 0 Å². The van der Waals surface area contributed by atoms with Crippen molar-refractivity contribution in [2.45, 2.75) is 41.3 Å². The van der Waals surface area contributed by atoms with Crippen LogP contribution >= 0.6 is 47.0 Å². The van der Waals surface area contributed by atoms with Gasteiger partial charge in [0.25, 0.3) is 0 Å². The molecule has 0 radical (unpaired) electrons. The van der Waals surface area contributed by atoms with E-state index in [1.165, 1.54) is 48.7 Å². The number of hydrogen-bond acceptors (Lipinski definition) is 4. The van der Waals surface area contributed by atoms with Crippen LogP contribution in [0, 0.1) is 5.41 Å². The van der Waals surface area contributed by atoms with Crippen molar-refractivity contribution in [1.82, 2.24) is 0 Å². The Morgan fingerprint density at radius 3 is 2.31 bits per heavy atom. The van der Waals surface area contributed by atoms with Crippen molar-refractivity contribution in [2.75, 3.05) is 23.0 Å². The summed E-state index contributed by atoms with van der Waals surface area (Å²) in [6.07, 6.45) is 5.88. The molecule has 1 spiro atoms. The summed E-state index contributed by atoms with van der Waals surface area (Å²) in [5, 5.41) is 0. The molecule has 1 atom stereocenters. The van der Waals surface area contributed by atoms with Crippen molar-refractivity contribution in [3.05, 3.63) is 0 Å². The van der Waals surface area contributed by atoms with E-state index in [9.17, 15) is 0 Å². The van der Waals surface area contributed by atoms with E-state index < -0.39 is 0 Å². The predicted octanol–water partition coefficient (Wildman–Crippen LogP) is 4.55. The Labute approximate surface area is 116 Å². The van der Waals surface area contributed by atoms with Crippen LogP contribution in [0.5, 0.6) is 0 Å². The van der Waals surface area contributed by atoms with Crippen LogP contribution in [-0.4, -0.2) is 31.7 Å². The Balaban J connectivity index is 1.74. The van der Waals surface area contributed by atoms with Crippen molar-refractivity contribution in [3.8, 4) is 0 Å². The SMILES string of the molecule is C[C@@]1(C2SCCS2)CCCC2(C1)SCCS2. The van der Waals surface area contributed by atoms with E-state index in [0.717, 1.165) is 4.58 Å². The number of rotatable bonds is 1. The van der Waals surface area contributed by atoms with Crippen molar-refractivity contribution < 1.29 is 0 Å². The molecule has 3 aliphatic rings. The summed E-state index contributed by atoms with van der Waals surface area (Å²) in [6, 6.07) is 0. The summed E-state index contributed by atoms with van der Waals surface area (Å²) < 4.78 is 1.52. The molecule has 2 saturated heterocycles. The second kappa shape index (κ2) is 4.82. The third-order valence-electron chi connectivity index (χ3n) is 3.98. The first-order valence-corrected chi connectivity index (χ1v) is 10.3. The van der Waals surface area contributed by atoms with Gasteiger partial charge < -0.3 is 0 Å². The van der Waals surface area contributed by atoms with E-state index in [1.807, 2.05) is 0 Å². The molecule has 92 valence electrons. The first-order chi connectivity index (χ1) is 7.73. The molecule has 0 nitrogen and oxygen atoms in total. The molecule has 3 rings (SSSR count). The second-order valence-electron chi connectivity index (χ2n) is 5.37. The fraction of sp³-hybridized carbons (Fsp3) is 1.00. The van der Waals surface area contributed by atoms with Crippen LogP contribution < -0.4 is 0 Å². The Hall–Kier alpha value is 1.40. The zero-order chi connectivity index (χ0) is 11.1. The largest absolute Gasteiger partial charge is 0.146 e. The van der Waals surface area contributed by atoms with Gasteiger partial charge in [0, 0.05) is 23.0 Å². The lowest BCUT2D eigenvalue weighted by Gasteiger charge is -2.46. The molecule has 0 unspecified atom stereocenters. The fourth-order valence-electron chi connectivity index (χ4n) is 3.26. The highest BCUT2D eigenvalue weighted by atomic mass is 32.2. The standard InChI is InChI=1S/C12H20S4/c1-11(10-13-5-6-14-10)3-2-4-12(9-11)15-7-8-16-12/h10H,2-9H2,1H3/t11-/m1/s1. The average Bonchev–Trinajstić information content (AvgIpc) is 2.89. The van der Waals surface area contributed by atoms with Gasteiger partial charge in [0.1, 0.15) is 0 Å². The average molecular weight is 293 g/mol. The van der Waals surface area contributed by atoms with Crippen molar-refractivity contribution >= 4 is 47.0 Å². The maximum atomic E-state index is 2.57. The van der Waals surface area contributed by atoms with Gasteiger partial charge in [0.15, 0.2) is 0 Å². The molecule has 0 aromatic heterocycles. The van der Waals surface area contributed by atoms with Crippen LogP contribution in [-0.2, 0) is 0 Å². The Bertz CT molecular complexity index is 256. The van der Waals surface area contributed by atoms with Gasteiger partial charge in [-0.2, -0.15) is 0 Å². The normalized spacial score (nSPS) is 39.6. The summed E-state index contributed by atoms with van der Waals surface area (Å²) in [5.41, 5.74) is 0.619. The highest BCUT2D eigenvalue weighted by molar-refractivity contribution is 8.21. The fourth-order valence-corrected chi connectivity index (χ4v) is 10.3. The van der Waals surface area contributed by atoms with Crippen LogP contribution in [0.4, 0.5) is 0 Å². The zero-order valence-corrected chi connectivity index (χ0v) is 13.1. The molecule has 0 aromatic carbocycles. The zero-order valence-electron chi connectivity index (χ0n) is 9.87. The monoisotopic (exact) mass is 292 g/mol. The van der Waals surface area contributed by atoms with Gasteiger partial charge in [-0.3, -0.25) is 0 Å². The molecule has 0 aromatic rings. The number of hydrogen-bond donors (Lipinski definition) is 0. The molecular formula is C12H20S4. The molecule has 0 amide bonds. The third-order valence-corrected chi connectivity index (χ3v) is 11.2. The Morgan fingerprint density at radius 2 is 1.62 bits per heavy atom. The number of thioether (sulfide) groups is 4. The minimum atomic E-state index is 0.619. The van der Waals surface area contributed by atoms with E-state index in [1.54, 1.807) is 0 Å². The minimum Gasteiger partial charge on any atom is -0.146 e. The highest BCUT2D eigenvalue weighted by Crippen LogP contribution is 2.61. The van der Waals surface area contributed by atoms with Crippen molar-refractivity contribution in [1.29, 1.82) is 0 Å². The molecule has 2 heterocycles. The van der Waals surface area contributed by atoms with E-state index in [2.05, 4.69) is 54.0 Å². The summed E-state index contributed by atoms with van der Waals surface area (Å²) in [7, 11) is 0. The smallest absolute Gasteiger partial charge is 0.0617 e.